The molecule has 0 aromatic rings. The van der Waals surface area contributed by atoms with E-state index in [1.165, 1.54) is 12.8 Å². The molecule has 0 aliphatic carbocycles. The molecule has 3 heteroatoms. The number of hydrogen-bond donors (Lipinski definition) is 1. The van der Waals surface area contributed by atoms with Gasteiger partial charge >= 0.3 is 0 Å². The zero-order valence-corrected chi connectivity index (χ0v) is 6.88. The highest BCUT2D eigenvalue weighted by molar-refractivity contribution is 4.73. The van der Waals surface area contributed by atoms with Crippen LogP contribution < -0.4 is 5.32 Å². The second-order valence-corrected chi connectivity index (χ2v) is 3.25. The van der Waals surface area contributed by atoms with Gasteiger partial charge in [0.2, 0.25) is 0 Å². The number of rotatable bonds is 1. The Hall–Kier alpha value is -0.120. The number of hydrogen-bond acceptors (Lipinski definition) is 3. The first-order valence-electron chi connectivity index (χ1n) is 4.53. The number of ether oxygens (including phenoxy) is 1. The van der Waals surface area contributed by atoms with Gasteiger partial charge in [0, 0.05) is 32.8 Å². The Bertz CT molecular complexity index is 117. The second kappa shape index (κ2) is 3.52. The van der Waals surface area contributed by atoms with Gasteiger partial charge in [0.1, 0.15) is 6.23 Å². The molecule has 0 aromatic carbocycles. The summed E-state index contributed by atoms with van der Waals surface area (Å²) in [5, 5.41) is 3.34. The molecule has 0 amide bonds. The van der Waals surface area contributed by atoms with E-state index >= 15 is 0 Å². The van der Waals surface area contributed by atoms with Crippen molar-refractivity contribution in [1.29, 1.82) is 0 Å². The van der Waals surface area contributed by atoms with Gasteiger partial charge in [-0.05, 0) is 12.8 Å². The van der Waals surface area contributed by atoms with Crippen LogP contribution >= 0.6 is 0 Å². The van der Waals surface area contributed by atoms with Gasteiger partial charge in [0.25, 0.3) is 0 Å². The Morgan fingerprint density at radius 3 is 2.73 bits per heavy atom. The zero-order chi connectivity index (χ0) is 7.52. The lowest BCUT2D eigenvalue weighted by molar-refractivity contribution is -0.0252. The molecule has 64 valence electrons. The van der Waals surface area contributed by atoms with Crippen molar-refractivity contribution in [2.24, 2.45) is 0 Å². The van der Waals surface area contributed by atoms with Crippen LogP contribution in [0.2, 0.25) is 0 Å². The van der Waals surface area contributed by atoms with Crippen LogP contribution in [0, 0.1) is 0 Å². The van der Waals surface area contributed by atoms with Crippen molar-refractivity contribution in [1.82, 2.24) is 10.2 Å². The predicted octanol–water partition coefficient (Wildman–Crippen LogP) is 0.0281. The molecule has 2 aliphatic rings. The van der Waals surface area contributed by atoms with Crippen LogP contribution in [0.25, 0.3) is 0 Å². The largest absolute Gasteiger partial charge is 0.363 e. The first kappa shape index (κ1) is 7.53. The summed E-state index contributed by atoms with van der Waals surface area (Å²) in [7, 11) is 0. The molecule has 2 rings (SSSR count). The van der Waals surface area contributed by atoms with E-state index in [4.69, 9.17) is 4.74 Å². The Morgan fingerprint density at radius 1 is 1.27 bits per heavy atom. The van der Waals surface area contributed by atoms with Gasteiger partial charge in [-0.2, -0.15) is 0 Å². The van der Waals surface area contributed by atoms with E-state index in [1.54, 1.807) is 0 Å². The molecule has 0 spiro atoms. The molecule has 0 saturated carbocycles. The van der Waals surface area contributed by atoms with Gasteiger partial charge in [-0.1, -0.05) is 0 Å². The van der Waals surface area contributed by atoms with Crippen molar-refractivity contribution >= 4 is 0 Å². The van der Waals surface area contributed by atoms with Crippen LogP contribution in [0.15, 0.2) is 0 Å². The molecule has 0 unspecified atom stereocenters. The van der Waals surface area contributed by atoms with E-state index < -0.39 is 0 Å². The highest BCUT2D eigenvalue weighted by Gasteiger charge is 2.23. The standard InChI is InChI=1S/C8H16N2O/c1-2-8(11-7-1)10-5-3-9-4-6-10/h8-9H,1-7H2/t8-/m0/s1. The summed E-state index contributed by atoms with van der Waals surface area (Å²) >= 11 is 0. The Balaban J connectivity index is 1.82. The van der Waals surface area contributed by atoms with Crippen LogP contribution in [0.5, 0.6) is 0 Å². The lowest BCUT2D eigenvalue weighted by Crippen LogP contribution is -2.48. The fraction of sp³-hybridized carbons (Fsp3) is 1.00. The Kier molecular flexibility index (Phi) is 2.41. The number of piperazine rings is 1. The normalized spacial score (nSPS) is 34.4. The van der Waals surface area contributed by atoms with Crippen molar-refractivity contribution in [2.45, 2.75) is 19.1 Å². The third kappa shape index (κ3) is 1.72. The average Bonchev–Trinajstić information content (AvgIpc) is 2.58. The van der Waals surface area contributed by atoms with E-state index in [0.29, 0.717) is 6.23 Å². The van der Waals surface area contributed by atoms with E-state index in [1.807, 2.05) is 0 Å². The smallest absolute Gasteiger partial charge is 0.110 e. The summed E-state index contributed by atoms with van der Waals surface area (Å²) in [6.07, 6.45) is 2.92. The molecule has 2 heterocycles. The highest BCUT2D eigenvalue weighted by Crippen LogP contribution is 2.16. The van der Waals surface area contributed by atoms with Gasteiger partial charge in [-0.25, -0.2) is 0 Å². The molecule has 0 radical (unpaired) electrons. The average molecular weight is 156 g/mol. The maximum absolute atomic E-state index is 5.59. The van der Waals surface area contributed by atoms with E-state index in [9.17, 15) is 0 Å². The fourth-order valence-electron chi connectivity index (χ4n) is 1.82. The molecule has 1 N–H and O–H groups in total. The fourth-order valence-corrected chi connectivity index (χ4v) is 1.82. The zero-order valence-electron chi connectivity index (χ0n) is 6.88. The summed E-state index contributed by atoms with van der Waals surface area (Å²) in [5.74, 6) is 0. The van der Waals surface area contributed by atoms with Gasteiger partial charge in [-0.3, -0.25) is 4.90 Å². The first-order chi connectivity index (χ1) is 5.47. The molecular formula is C8H16N2O. The quantitative estimate of drug-likeness (QED) is 0.579. The van der Waals surface area contributed by atoms with Crippen LogP contribution in [0.3, 0.4) is 0 Å². The lowest BCUT2D eigenvalue weighted by atomic mass is 10.3. The van der Waals surface area contributed by atoms with Gasteiger partial charge < -0.3 is 10.1 Å². The molecule has 0 bridgehead atoms. The van der Waals surface area contributed by atoms with Gasteiger partial charge in [0.05, 0.1) is 0 Å². The summed E-state index contributed by atoms with van der Waals surface area (Å²) in [5.41, 5.74) is 0. The van der Waals surface area contributed by atoms with Crippen molar-refractivity contribution in [2.75, 3.05) is 32.8 Å². The summed E-state index contributed by atoms with van der Waals surface area (Å²) < 4.78 is 5.59. The molecule has 2 fully saturated rings. The molecule has 11 heavy (non-hydrogen) atoms. The lowest BCUT2D eigenvalue weighted by Gasteiger charge is -2.31. The Morgan fingerprint density at radius 2 is 2.09 bits per heavy atom. The monoisotopic (exact) mass is 156 g/mol. The minimum Gasteiger partial charge on any atom is -0.363 e. The minimum absolute atomic E-state index is 0.442. The van der Waals surface area contributed by atoms with E-state index in [-0.39, 0.29) is 0 Å². The second-order valence-electron chi connectivity index (χ2n) is 3.25. The van der Waals surface area contributed by atoms with Crippen molar-refractivity contribution in [3.8, 4) is 0 Å². The highest BCUT2D eigenvalue weighted by atomic mass is 16.5. The number of nitrogens with one attached hydrogen (secondary N) is 1. The summed E-state index contributed by atoms with van der Waals surface area (Å²) in [6, 6.07) is 0. The predicted molar refractivity (Wildman–Crippen MR) is 43.4 cm³/mol. The molecule has 1 atom stereocenters. The van der Waals surface area contributed by atoms with Crippen LogP contribution in [-0.2, 0) is 4.74 Å². The van der Waals surface area contributed by atoms with Crippen LogP contribution in [0.4, 0.5) is 0 Å². The van der Waals surface area contributed by atoms with E-state index in [0.717, 1.165) is 32.8 Å². The van der Waals surface area contributed by atoms with E-state index in [2.05, 4.69) is 10.2 Å². The molecule has 2 saturated heterocycles. The first-order valence-corrected chi connectivity index (χ1v) is 4.53. The molecule has 0 aromatic heterocycles. The van der Waals surface area contributed by atoms with Crippen molar-refractivity contribution < 1.29 is 4.74 Å². The maximum Gasteiger partial charge on any atom is 0.110 e. The summed E-state index contributed by atoms with van der Waals surface area (Å²) in [4.78, 5) is 2.45. The third-order valence-corrected chi connectivity index (χ3v) is 2.46. The minimum atomic E-state index is 0.442. The van der Waals surface area contributed by atoms with Crippen molar-refractivity contribution in [3.05, 3.63) is 0 Å². The third-order valence-electron chi connectivity index (χ3n) is 2.46. The van der Waals surface area contributed by atoms with Crippen LogP contribution in [0.1, 0.15) is 12.8 Å². The van der Waals surface area contributed by atoms with Gasteiger partial charge in [0.15, 0.2) is 0 Å². The van der Waals surface area contributed by atoms with Crippen LogP contribution in [-0.4, -0.2) is 43.9 Å². The Labute approximate surface area is 67.7 Å². The molecule has 3 nitrogen and oxygen atoms in total. The van der Waals surface area contributed by atoms with Crippen molar-refractivity contribution in [3.63, 3.8) is 0 Å². The topological polar surface area (TPSA) is 24.5 Å². The molecular weight excluding hydrogens is 140 g/mol. The SMILES string of the molecule is C1CO[C@H](N2CCNCC2)C1. The van der Waals surface area contributed by atoms with Gasteiger partial charge in [-0.15, -0.1) is 0 Å². The summed E-state index contributed by atoms with van der Waals surface area (Å²) in [6.45, 7) is 5.53. The maximum atomic E-state index is 5.59. The molecule has 2 aliphatic heterocycles. The number of nitrogens with zero attached hydrogens (tertiary/aromatic N) is 1.